The fraction of sp³-hybridized carbons (Fsp3) is 0.600. The van der Waals surface area contributed by atoms with Gasteiger partial charge in [-0.3, -0.25) is 0 Å². The third-order valence-electron chi connectivity index (χ3n) is 4.27. The Bertz CT molecular complexity index is 633. The van der Waals surface area contributed by atoms with E-state index in [1.54, 1.807) is 6.92 Å². The first kappa shape index (κ1) is 16.3. The number of anilines is 1. The average molecular weight is 311 g/mol. The van der Waals surface area contributed by atoms with Gasteiger partial charge < -0.3 is 10.6 Å². The molecule has 0 spiro atoms. The minimum atomic E-state index is -3.53. The van der Waals surface area contributed by atoms with E-state index in [-0.39, 0.29) is 6.04 Å². The lowest BCUT2D eigenvalue weighted by Crippen LogP contribution is -2.43. The molecule has 118 valence electrons. The molecule has 2 rings (SSSR count). The summed E-state index contributed by atoms with van der Waals surface area (Å²) < 4.78 is 28.3. The van der Waals surface area contributed by atoms with E-state index in [1.165, 1.54) is 0 Å². The number of benzene rings is 1. The minimum Gasteiger partial charge on any atom is -0.398 e. The normalized spacial score (nSPS) is 18.1. The second-order valence-corrected chi connectivity index (χ2v) is 7.73. The number of sulfonamides is 1. The van der Waals surface area contributed by atoms with Crippen LogP contribution in [0.5, 0.6) is 0 Å². The average Bonchev–Trinajstić information content (AvgIpc) is 2.38. The van der Waals surface area contributed by atoms with Gasteiger partial charge in [-0.25, -0.2) is 13.1 Å². The Balaban J connectivity index is 2.30. The van der Waals surface area contributed by atoms with Gasteiger partial charge in [-0.2, -0.15) is 0 Å². The number of hydrogen-bond donors (Lipinski definition) is 2. The Morgan fingerprint density at radius 1 is 1.19 bits per heavy atom. The standard InChI is InChI=1S/C15H25N3O2S/c1-10-9-11(2)15(12(3)14(10)16)21(19,20)17-13-5-7-18(4)8-6-13/h9,13,17H,5-8,16H2,1-4H3. The van der Waals surface area contributed by atoms with Crippen molar-refractivity contribution in [2.75, 3.05) is 25.9 Å². The van der Waals surface area contributed by atoms with Gasteiger partial charge >= 0.3 is 0 Å². The lowest BCUT2D eigenvalue weighted by Gasteiger charge is -2.29. The van der Waals surface area contributed by atoms with Crippen molar-refractivity contribution in [2.24, 2.45) is 0 Å². The van der Waals surface area contributed by atoms with Gasteiger partial charge in [-0.1, -0.05) is 6.07 Å². The summed E-state index contributed by atoms with van der Waals surface area (Å²) in [5.41, 5.74) is 8.88. The summed E-state index contributed by atoms with van der Waals surface area (Å²) in [5, 5.41) is 0. The van der Waals surface area contributed by atoms with Crippen molar-refractivity contribution in [1.82, 2.24) is 9.62 Å². The number of nitrogens with two attached hydrogens (primary N) is 1. The Morgan fingerprint density at radius 3 is 2.33 bits per heavy atom. The first-order valence-electron chi connectivity index (χ1n) is 7.29. The zero-order chi connectivity index (χ0) is 15.8. The Kier molecular flexibility index (Phi) is 4.60. The summed E-state index contributed by atoms with van der Waals surface area (Å²) >= 11 is 0. The Morgan fingerprint density at radius 2 is 1.76 bits per heavy atom. The van der Waals surface area contributed by atoms with Crippen molar-refractivity contribution in [1.29, 1.82) is 0 Å². The minimum absolute atomic E-state index is 0.00697. The predicted octanol–water partition coefficient (Wildman–Crippen LogP) is 1.57. The summed E-state index contributed by atoms with van der Waals surface area (Å²) in [5.74, 6) is 0. The quantitative estimate of drug-likeness (QED) is 0.831. The Labute approximate surface area is 127 Å². The van der Waals surface area contributed by atoms with Crippen molar-refractivity contribution in [3.63, 3.8) is 0 Å². The zero-order valence-electron chi connectivity index (χ0n) is 13.2. The second-order valence-electron chi connectivity index (χ2n) is 6.08. The molecule has 0 saturated carbocycles. The fourth-order valence-corrected chi connectivity index (χ4v) is 4.79. The number of rotatable bonds is 3. The van der Waals surface area contributed by atoms with Crippen LogP contribution < -0.4 is 10.5 Å². The lowest BCUT2D eigenvalue weighted by atomic mass is 10.1. The molecular formula is C15H25N3O2S. The van der Waals surface area contributed by atoms with Crippen LogP contribution in [0.25, 0.3) is 0 Å². The van der Waals surface area contributed by atoms with Gasteiger partial charge in [0, 0.05) is 11.7 Å². The number of piperidine rings is 1. The summed E-state index contributed by atoms with van der Waals surface area (Å²) in [6.45, 7) is 7.33. The van der Waals surface area contributed by atoms with E-state index >= 15 is 0 Å². The molecule has 1 aromatic rings. The van der Waals surface area contributed by atoms with E-state index in [0.717, 1.165) is 37.1 Å². The topological polar surface area (TPSA) is 75.4 Å². The van der Waals surface area contributed by atoms with Crippen LogP contribution in [-0.4, -0.2) is 39.5 Å². The summed E-state index contributed by atoms with van der Waals surface area (Å²) in [7, 11) is -1.47. The molecule has 6 heteroatoms. The SMILES string of the molecule is Cc1cc(C)c(S(=O)(=O)NC2CCN(C)CC2)c(C)c1N. The molecule has 1 fully saturated rings. The molecule has 1 aliphatic heterocycles. The molecule has 0 bridgehead atoms. The van der Waals surface area contributed by atoms with E-state index in [2.05, 4.69) is 16.7 Å². The molecule has 0 unspecified atom stereocenters. The number of nitrogens with zero attached hydrogens (tertiary/aromatic N) is 1. The highest BCUT2D eigenvalue weighted by molar-refractivity contribution is 7.89. The van der Waals surface area contributed by atoms with Crippen LogP contribution in [-0.2, 0) is 10.0 Å². The van der Waals surface area contributed by atoms with E-state index in [4.69, 9.17) is 5.73 Å². The van der Waals surface area contributed by atoms with Crippen molar-refractivity contribution in [2.45, 2.75) is 44.6 Å². The Hall–Kier alpha value is -1.11. The van der Waals surface area contributed by atoms with Crippen molar-refractivity contribution in [3.05, 3.63) is 22.8 Å². The second kappa shape index (κ2) is 5.94. The van der Waals surface area contributed by atoms with Crippen LogP contribution in [0.2, 0.25) is 0 Å². The van der Waals surface area contributed by atoms with Gasteiger partial charge in [-0.05, 0) is 70.4 Å². The number of nitrogen functional groups attached to an aromatic ring is 1. The first-order chi connectivity index (χ1) is 9.72. The third-order valence-corrected chi connectivity index (χ3v) is 6.08. The van der Waals surface area contributed by atoms with Gasteiger partial charge in [0.05, 0.1) is 4.90 Å². The highest BCUT2D eigenvalue weighted by Gasteiger charge is 2.26. The smallest absolute Gasteiger partial charge is 0.241 e. The third kappa shape index (κ3) is 3.39. The van der Waals surface area contributed by atoms with Gasteiger partial charge in [0.15, 0.2) is 0 Å². The molecule has 1 aromatic carbocycles. The molecule has 0 aromatic heterocycles. The van der Waals surface area contributed by atoms with Crippen LogP contribution in [0, 0.1) is 20.8 Å². The van der Waals surface area contributed by atoms with E-state index in [9.17, 15) is 8.42 Å². The summed E-state index contributed by atoms with van der Waals surface area (Å²) in [4.78, 5) is 2.55. The summed E-state index contributed by atoms with van der Waals surface area (Å²) in [6.07, 6.45) is 1.68. The molecule has 21 heavy (non-hydrogen) atoms. The summed E-state index contributed by atoms with van der Waals surface area (Å²) in [6, 6.07) is 1.85. The monoisotopic (exact) mass is 311 g/mol. The van der Waals surface area contributed by atoms with Crippen molar-refractivity contribution >= 4 is 15.7 Å². The van der Waals surface area contributed by atoms with Crippen LogP contribution in [0.4, 0.5) is 5.69 Å². The molecule has 1 aliphatic rings. The maximum Gasteiger partial charge on any atom is 0.241 e. The van der Waals surface area contributed by atoms with Crippen molar-refractivity contribution < 1.29 is 8.42 Å². The number of nitrogens with one attached hydrogen (secondary N) is 1. The first-order valence-corrected chi connectivity index (χ1v) is 8.78. The molecule has 5 nitrogen and oxygen atoms in total. The van der Waals surface area contributed by atoms with E-state index in [0.29, 0.717) is 16.1 Å². The maximum absolute atomic E-state index is 12.7. The molecule has 0 atom stereocenters. The van der Waals surface area contributed by atoms with E-state index in [1.807, 2.05) is 19.9 Å². The van der Waals surface area contributed by atoms with Gasteiger partial charge in [0.1, 0.15) is 0 Å². The zero-order valence-corrected chi connectivity index (χ0v) is 14.0. The van der Waals surface area contributed by atoms with Crippen LogP contribution in [0.1, 0.15) is 29.5 Å². The van der Waals surface area contributed by atoms with Gasteiger partial charge in [0.2, 0.25) is 10.0 Å². The lowest BCUT2D eigenvalue weighted by molar-refractivity contribution is 0.248. The van der Waals surface area contributed by atoms with E-state index < -0.39 is 10.0 Å². The van der Waals surface area contributed by atoms with Crippen LogP contribution in [0.3, 0.4) is 0 Å². The highest BCUT2D eigenvalue weighted by atomic mass is 32.2. The van der Waals surface area contributed by atoms with Crippen LogP contribution >= 0.6 is 0 Å². The predicted molar refractivity (Wildman–Crippen MR) is 85.9 cm³/mol. The number of hydrogen-bond acceptors (Lipinski definition) is 4. The van der Waals surface area contributed by atoms with Crippen molar-refractivity contribution in [3.8, 4) is 0 Å². The fourth-order valence-electron chi connectivity index (χ4n) is 3.00. The molecular weight excluding hydrogens is 286 g/mol. The molecule has 0 amide bonds. The van der Waals surface area contributed by atoms with Gasteiger partial charge in [0.25, 0.3) is 0 Å². The van der Waals surface area contributed by atoms with Gasteiger partial charge in [-0.15, -0.1) is 0 Å². The number of aryl methyl sites for hydroxylation is 2. The molecule has 0 radical (unpaired) electrons. The molecule has 3 N–H and O–H groups in total. The molecule has 1 saturated heterocycles. The molecule has 1 heterocycles. The van der Waals surface area contributed by atoms with Crippen LogP contribution in [0.15, 0.2) is 11.0 Å². The maximum atomic E-state index is 12.7. The molecule has 0 aliphatic carbocycles. The number of likely N-dealkylation sites (tertiary alicyclic amines) is 1. The largest absolute Gasteiger partial charge is 0.398 e. The highest BCUT2D eigenvalue weighted by Crippen LogP contribution is 2.28.